The Morgan fingerprint density at radius 3 is 2.36 bits per heavy atom. The lowest BCUT2D eigenvalue weighted by molar-refractivity contribution is 0.0946. The average Bonchev–Trinajstić information content (AvgIpc) is 2.87. The lowest BCUT2D eigenvalue weighted by atomic mass is 10.0. The van der Waals surface area contributed by atoms with E-state index in [-0.39, 0.29) is 24.3 Å². The van der Waals surface area contributed by atoms with Crippen molar-refractivity contribution in [2.24, 2.45) is 0 Å². The fourth-order valence-corrected chi connectivity index (χ4v) is 3.81. The zero-order valence-electron chi connectivity index (χ0n) is 18.4. The Balaban J connectivity index is 1.35. The number of hydrogen-bond acceptors (Lipinski definition) is 4. The molecule has 1 amide bonds. The molecular weight excluding hydrogens is 410 g/mol. The number of aromatic nitrogens is 1. The van der Waals surface area contributed by atoms with Crippen molar-refractivity contribution < 1.29 is 9.59 Å². The molecule has 1 heterocycles. The second-order valence-corrected chi connectivity index (χ2v) is 8.01. The molecule has 3 aromatic carbocycles. The zero-order valence-corrected chi connectivity index (χ0v) is 18.4. The van der Waals surface area contributed by atoms with Crippen LogP contribution in [0.15, 0.2) is 97.2 Å². The second-order valence-electron chi connectivity index (χ2n) is 8.01. The van der Waals surface area contributed by atoms with Gasteiger partial charge in [0.1, 0.15) is 0 Å². The summed E-state index contributed by atoms with van der Waals surface area (Å²) in [5.74, 6) is -0.0669. The summed E-state index contributed by atoms with van der Waals surface area (Å²) in [4.78, 5) is 29.5. The van der Waals surface area contributed by atoms with Crippen LogP contribution in [0.25, 0.3) is 10.9 Å². The van der Waals surface area contributed by atoms with Crippen LogP contribution in [0.3, 0.4) is 0 Å². The van der Waals surface area contributed by atoms with Gasteiger partial charge in [0, 0.05) is 35.3 Å². The fraction of sp³-hybridized carbons (Fsp3) is 0.179. The monoisotopic (exact) mass is 437 g/mol. The largest absolute Gasteiger partial charge is 0.352 e. The second kappa shape index (κ2) is 11.2. The van der Waals surface area contributed by atoms with Gasteiger partial charge in [-0.1, -0.05) is 72.8 Å². The first-order valence-electron chi connectivity index (χ1n) is 11.2. The van der Waals surface area contributed by atoms with Gasteiger partial charge >= 0.3 is 0 Å². The van der Waals surface area contributed by atoms with Crippen LogP contribution < -0.4 is 10.6 Å². The highest BCUT2D eigenvalue weighted by atomic mass is 16.1. The van der Waals surface area contributed by atoms with Crippen molar-refractivity contribution >= 4 is 22.6 Å². The van der Waals surface area contributed by atoms with E-state index < -0.39 is 0 Å². The number of benzene rings is 3. The van der Waals surface area contributed by atoms with E-state index in [1.165, 1.54) is 5.56 Å². The number of rotatable bonds is 10. The molecule has 1 aromatic heterocycles. The molecule has 4 rings (SSSR count). The maximum Gasteiger partial charge on any atom is 0.251 e. The third-order valence-electron chi connectivity index (χ3n) is 5.62. The minimum atomic E-state index is -0.124. The summed E-state index contributed by atoms with van der Waals surface area (Å²) in [5, 5.41) is 7.40. The maximum atomic E-state index is 12.7. The van der Waals surface area contributed by atoms with Gasteiger partial charge in [0.05, 0.1) is 12.1 Å². The third kappa shape index (κ3) is 6.34. The first-order valence-corrected chi connectivity index (χ1v) is 11.2. The van der Waals surface area contributed by atoms with Crippen molar-refractivity contribution in [2.45, 2.75) is 18.9 Å². The molecule has 0 unspecified atom stereocenters. The predicted octanol–water partition coefficient (Wildman–Crippen LogP) is 4.44. The van der Waals surface area contributed by atoms with Crippen LogP contribution in [0.2, 0.25) is 0 Å². The molecule has 4 aromatic rings. The Bertz CT molecular complexity index is 1210. The molecule has 0 aliphatic rings. The molecule has 0 aliphatic heterocycles. The van der Waals surface area contributed by atoms with Gasteiger partial charge < -0.3 is 10.6 Å². The Hall–Kier alpha value is -3.83. The zero-order chi connectivity index (χ0) is 22.9. The molecule has 0 radical (unpaired) electrons. The van der Waals surface area contributed by atoms with Crippen LogP contribution in [-0.4, -0.2) is 35.8 Å². The Labute approximate surface area is 193 Å². The molecule has 0 bridgehead atoms. The maximum absolute atomic E-state index is 12.7. The number of nitrogens with one attached hydrogen (secondary N) is 2. The molecule has 1 atom stereocenters. The quantitative estimate of drug-likeness (QED) is 0.360. The normalized spacial score (nSPS) is 11.8. The standard InChI is InChI=1S/C28H27N3O2/c32-27(23-10-5-2-6-11-23)20-31-25(18-21-8-3-1-4-9-21)15-17-30-28(33)24-14-13-22-12-7-16-29-26(22)19-24/h1-14,16,19,25,31H,15,17-18,20H2,(H,30,33)/t25-/m1/s1. The lowest BCUT2D eigenvalue weighted by Gasteiger charge is -2.19. The lowest BCUT2D eigenvalue weighted by Crippen LogP contribution is -2.38. The van der Waals surface area contributed by atoms with Crippen molar-refractivity contribution in [1.29, 1.82) is 0 Å². The van der Waals surface area contributed by atoms with Crippen molar-refractivity contribution in [3.63, 3.8) is 0 Å². The summed E-state index contributed by atoms with van der Waals surface area (Å²) in [6.45, 7) is 0.759. The van der Waals surface area contributed by atoms with Crippen LogP contribution in [0.4, 0.5) is 0 Å². The van der Waals surface area contributed by atoms with E-state index in [1.54, 1.807) is 6.20 Å². The van der Waals surface area contributed by atoms with E-state index >= 15 is 0 Å². The molecule has 2 N–H and O–H groups in total. The SMILES string of the molecule is O=C(CN[C@H](CCNC(=O)c1ccc2cccnc2c1)Cc1ccccc1)c1ccccc1. The Kier molecular flexibility index (Phi) is 7.56. The molecule has 0 saturated carbocycles. The summed E-state index contributed by atoms with van der Waals surface area (Å²) < 4.78 is 0. The number of hydrogen-bond donors (Lipinski definition) is 2. The Morgan fingerprint density at radius 1 is 0.818 bits per heavy atom. The molecule has 5 heteroatoms. The number of amides is 1. The number of carbonyl (C=O) groups excluding carboxylic acids is 2. The smallest absolute Gasteiger partial charge is 0.251 e. The highest BCUT2D eigenvalue weighted by molar-refractivity contribution is 5.98. The molecule has 166 valence electrons. The van der Waals surface area contributed by atoms with E-state index in [4.69, 9.17) is 0 Å². The number of carbonyl (C=O) groups is 2. The summed E-state index contributed by atoms with van der Waals surface area (Å²) in [6.07, 6.45) is 3.20. The Morgan fingerprint density at radius 2 is 1.58 bits per heavy atom. The van der Waals surface area contributed by atoms with Gasteiger partial charge in [-0.25, -0.2) is 0 Å². The highest BCUT2D eigenvalue weighted by Gasteiger charge is 2.14. The topological polar surface area (TPSA) is 71.1 Å². The molecular formula is C28H27N3O2. The third-order valence-corrected chi connectivity index (χ3v) is 5.62. The molecule has 0 spiro atoms. The van der Waals surface area contributed by atoms with Gasteiger partial charge in [-0.05, 0) is 36.6 Å². The summed E-state index contributed by atoms with van der Waals surface area (Å²) >= 11 is 0. The predicted molar refractivity (Wildman–Crippen MR) is 131 cm³/mol. The van der Waals surface area contributed by atoms with Crippen LogP contribution in [0.1, 0.15) is 32.7 Å². The van der Waals surface area contributed by atoms with Gasteiger partial charge in [-0.2, -0.15) is 0 Å². The number of fused-ring (bicyclic) bond motifs is 1. The molecule has 5 nitrogen and oxygen atoms in total. The van der Waals surface area contributed by atoms with E-state index in [2.05, 4.69) is 27.8 Å². The number of ketones is 1. The van der Waals surface area contributed by atoms with E-state index in [0.29, 0.717) is 24.1 Å². The van der Waals surface area contributed by atoms with Crippen molar-refractivity contribution in [3.8, 4) is 0 Å². The van der Waals surface area contributed by atoms with Gasteiger partial charge in [0.15, 0.2) is 5.78 Å². The molecule has 33 heavy (non-hydrogen) atoms. The van der Waals surface area contributed by atoms with Gasteiger partial charge in [-0.3, -0.25) is 14.6 Å². The average molecular weight is 438 g/mol. The first-order chi connectivity index (χ1) is 16.2. The van der Waals surface area contributed by atoms with Crippen LogP contribution in [-0.2, 0) is 6.42 Å². The molecule has 0 aliphatic carbocycles. The minimum Gasteiger partial charge on any atom is -0.352 e. The van der Waals surface area contributed by atoms with Gasteiger partial charge in [-0.15, -0.1) is 0 Å². The molecule has 0 fully saturated rings. The van der Waals surface area contributed by atoms with Gasteiger partial charge in [0.25, 0.3) is 5.91 Å². The summed E-state index contributed by atoms with van der Waals surface area (Å²) in [5.41, 5.74) is 3.27. The van der Waals surface area contributed by atoms with Crippen molar-refractivity contribution in [3.05, 3.63) is 114 Å². The molecule has 0 saturated heterocycles. The van der Waals surface area contributed by atoms with E-state index in [9.17, 15) is 9.59 Å². The summed E-state index contributed by atoms with van der Waals surface area (Å²) in [7, 11) is 0. The number of Topliss-reactive ketones (excluding diaryl/α,β-unsaturated/α-hetero) is 1. The first kappa shape index (κ1) is 22.4. The fourth-order valence-electron chi connectivity index (χ4n) is 3.81. The number of nitrogens with zero attached hydrogens (tertiary/aromatic N) is 1. The van der Waals surface area contributed by atoms with Crippen LogP contribution in [0, 0.1) is 0 Å². The summed E-state index contributed by atoms with van der Waals surface area (Å²) in [6, 6.07) is 28.9. The van der Waals surface area contributed by atoms with E-state index in [0.717, 1.165) is 17.3 Å². The van der Waals surface area contributed by atoms with Gasteiger partial charge in [0.2, 0.25) is 0 Å². The van der Waals surface area contributed by atoms with E-state index in [1.807, 2.05) is 78.9 Å². The highest BCUT2D eigenvalue weighted by Crippen LogP contribution is 2.13. The number of pyridine rings is 1. The van der Waals surface area contributed by atoms with Crippen LogP contribution in [0.5, 0.6) is 0 Å². The van der Waals surface area contributed by atoms with Crippen LogP contribution >= 0.6 is 0 Å². The van der Waals surface area contributed by atoms with Crippen molar-refractivity contribution in [1.82, 2.24) is 15.6 Å². The van der Waals surface area contributed by atoms with Crippen molar-refractivity contribution in [2.75, 3.05) is 13.1 Å². The minimum absolute atomic E-state index is 0.0543.